The Kier molecular flexibility index (Phi) is 7.51. The summed E-state index contributed by atoms with van der Waals surface area (Å²) in [6.45, 7) is 2.03. The van der Waals surface area contributed by atoms with Gasteiger partial charge in [0.2, 0.25) is 0 Å². The number of para-hydroxylation sites is 2. The molecule has 2 N–H and O–H groups in total. The zero-order valence-corrected chi connectivity index (χ0v) is 19.9. The Balaban J connectivity index is 1.29. The average molecular weight is 519 g/mol. The third-order valence-electron chi connectivity index (χ3n) is 4.92. The summed E-state index contributed by atoms with van der Waals surface area (Å²) < 4.78 is 7.08. The third kappa shape index (κ3) is 6.01. The Labute approximate surface area is 200 Å². The van der Waals surface area contributed by atoms with Crippen molar-refractivity contribution in [2.24, 2.45) is 0 Å². The first kappa shape index (κ1) is 22.2. The van der Waals surface area contributed by atoms with Crippen LogP contribution in [0.5, 0.6) is 5.75 Å². The Morgan fingerprint density at radius 2 is 1.87 bits per heavy atom. The smallest absolute Gasteiger partial charge is 0.124 e. The predicted molar refractivity (Wildman–Crippen MR) is 131 cm³/mol. The van der Waals surface area contributed by atoms with Crippen molar-refractivity contribution in [2.45, 2.75) is 26.0 Å². The topological polar surface area (TPSA) is 49.9 Å². The minimum absolute atomic E-state index is 0.428. The van der Waals surface area contributed by atoms with Crippen molar-refractivity contribution < 1.29 is 4.74 Å². The Hall–Kier alpha value is -2.05. The van der Waals surface area contributed by atoms with Gasteiger partial charge in [0.15, 0.2) is 0 Å². The number of halogens is 3. The van der Waals surface area contributed by atoms with Gasteiger partial charge >= 0.3 is 0 Å². The van der Waals surface area contributed by atoms with Gasteiger partial charge in [-0.25, -0.2) is 4.98 Å². The summed E-state index contributed by atoms with van der Waals surface area (Å²) in [4.78, 5) is 8.01. The van der Waals surface area contributed by atoms with Crippen LogP contribution < -0.4 is 10.1 Å². The fourth-order valence-corrected chi connectivity index (χ4v) is 4.07. The lowest BCUT2D eigenvalue weighted by atomic mass is 10.2. The van der Waals surface area contributed by atoms with E-state index in [9.17, 15) is 0 Å². The first-order chi connectivity index (χ1) is 15.1. The van der Waals surface area contributed by atoms with Crippen LogP contribution in [0.1, 0.15) is 23.4 Å². The van der Waals surface area contributed by atoms with Gasteiger partial charge in [-0.15, -0.1) is 0 Å². The molecule has 160 valence electrons. The second-order valence-electron chi connectivity index (χ2n) is 7.27. The van der Waals surface area contributed by atoms with Crippen LogP contribution in [0, 0.1) is 0 Å². The minimum atomic E-state index is 0.428. The molecule has 0 saturated heterocycles. The van der Waals surface area contributed by atoms with E-state index in [4.69, 9.17) is 27.9 Å². The molecule has 3 aromatic carbocycles. The van der Waals surface area contributed by atoms with Gasteiger partial charge in [0, 0.05) is 23.0 Å². The van der Waals surface area contributed by atoms with Crippen molar-refractivity contribution in [3.8, 4) is 5.75 Å². The van der Waals surface area contributed by atoms with Crippen molar-refractivity contribution in [3.05, 3.63) is 92.1 Å². The molecule has 4 rings (SSSR count). The van der Waals surface area contributed by atoms with Crippen LogP contribution in [0.25, 0.3) is 11.0 Å². The van der Waals surface area contributed by atoms with E-state index in [0.29, 0.717) is 16.7 Å². The van der Waals surface area contributed by atoms with E-state index in [1.165, 1.54) is 0 Å². The van der Waals surface area contributed by atoms with Gasteiger partial charge in [-0.3, -0.25) is 0 Å². The molecule has 0 radical (unpaired) electrons. The number of aromatic amines is 1. The van der Waals surface area contributed by atoms with Crippen LogP contribution >= 0.6 is 39.1 Å². The van der Waals surface area contributed by atoms with E-state index in [-0.39, 0.29) is 0 Å². The molecule has 0 atom stereocenters. The number of aromatic nitrogens is 2. The summed E-state index contributed by atoms with van der Waals surface area (Å²) in [6, 6.07) is 19.7. The number of benzene rings is 3. The highest BCUT2D eigenvalue weighted by atomic mass is 79.9. The predicted octanol–water partition coefficient (Wildman–Crippen LogP) is 6.93. The van der Waals surface area contributed by atoms with E-state index < -0.39 is 0 Å². The van der Waals surface area contributed by atoms with Gasteiger partial charge in [0.25, 0.3) is 0 Å². The molecule has 0 bridgehead atoms. The van der Waals surface area contributed by atoms with Crippen LogP contribution in [0.3, 0.4) is 0 Å². The molecule has 31 heavy (non-hydrogen) atoms. The number of fused-ring (bicyclic) bond motifs is 1. The number of H-pyrrole nitrogens is 1. The number of nitrogens with zero attached hydrogens (tertiary/aromatic N) is 1. The molecule has 0 unspecified atom stereocenters. The lowest BCUT2D eigenvalue weighted by Gasteiger charge is -2.13. The lowest BCUT2D eigenvalue weighted by molar-refractivity contribution is 0.302. The molecule has 0 aliphatic heterocycles. The molecule has 0 aliphatic rings. The largest absolute Gasteiger partial charge is 0.489 e. The molecular formula is C24H22BrCl2N3O. The molecule has 4 nitrogen and oxygen atoms in total. The number of hydrogen-bond acceptors (Lipinski definition) is 3. The van der Waals surface area contributed by atoms with Crippen molar-refractivity contribution in [2.75, 3.05) is 6.54 Å². The highest BCUT2D eigenvalue weighted by Crippen LogP contribution is 2.26. The van der Waals surface area contributed by atoms with Gasteiger partial charge in [0.05, 0.1) is 21.1 Å². The summed E-state index contributed by atoms with van der Waals surface area (Å²) in [5, 5.41) is 4.58. The fraction of sp³-hybridized carbons (Fsp3) is 0.208. The highest BCUT2D eigenvalue weighted by molar-refractivity contribution is 9.10. The molecule has 0 saturated carbocycles. The Bertz CT molecular complexity index is 1150. The summed E-state index contributed by atoms with van der Waals surface area (Å²) in [6.07, 6.45) is 1.90. The van der Waals surface area contributed by atoms with Crippen molar-refractivity contribution in [3.63, 3.8) is 0 Å². The number of aryl methyl sites for hydroxylation is 1. The number of hydrogen-bond donors (Lipinski definition) is 2. The first-order valence-corrected chi connectivity index (χ1v) is 11.6. The van der Waals surface area contributed by atoms with Crippen molar-refractivity contribution >= 4 is 50.2 Å². The normalized spacial score (nSPS) is 11.2. The van der Waals surface area contributed by atoms with E-state index in [0.717, 1.165) is 64.1 Å². The SMILES string of the molecule is Clc1ccc(COc2ccc(Br)cc2CNCCCc2nc3ccccc3[nH]2)cc1Cl. The minimum Gasteiger partial charge on any atom is -0.489 e. The number of imidazole rings is 1. The number of nitrogens with one attached hydrogen (secondary N) is 2. The molecule has 7 heteroatoms. The molecule has 1 aromatic heterocycles. The van der Waals surface area contributed by atoms with Crippen molar-refractivity contribution in [1.82, 2.24) is 15.3 Å². The molecule has 0 amide bonds. The van der Waals surface area contributed by atoms with E-state index in [1.54, 1.807) is 6.07 Å². The molecule has 0 fully saturated rings. The molecule has 0 aliphatic carbocycles. The molecule has 0 spiro atoms. The molecular weight excluding hydrogens is 497 g/mol. The van der Waals surface area contributed by atoms with E-state index >= 15 is 0 Å². The summed E-state index contributed by atoms with van der Waals surface area (Å²) >= 11 is 15.6. The standard InChI is InChI=1S/C24H22BrCl2N3O/c25-18-8-10-23(31-15-16-7-9-19(26)20(27)12-16)17(13-18)14-28-11-3-6-24-29-21-4-1-2-5-22(21)30-24/h1-2,4-5,7-10,12-13,28H,3,6,11,14-15H2,(H,29,30). The lowest BCUT2D eigenvalue weighted by Crippen LogP contribution is -2.16. The van der Waals surface area contributed by atoms with E-state index in [2.05, 4.69) is 43.3 Å². The summed E-state index contributed by atoms with van der Waals surface area (Å²) in [5.74, 6) is 1.87. The van der Waals surface area contributed by atoms with Gasteiger partial charge in [-0.05, 0) is 61.0 Å². The van der Waals surface area contributed by atoms with Crippen LogP contribution in [0.4, 0.5) is 0 Å². The van der Waals surface area contributed by atoms with Crippen LogP contribution in [0.15, 0.2) is 65.1 Å². The number of rotatable bonds is 9. The Morgan fingerprint density at radius 1 is 1.00 bits per heavy atom. The van der Waals surface area contributed by atoms with Crippen LogP contribution in [0.2, 0.25) is 10.0 Å². The quantitative estimate of drug-likeness (QED) is 0.236. The van der Waals surface area contributed by atoms with Crippen LogP contribution in [-0.2, 0) is 19.6 Å². The fourth-order valence-electron chi connectivity index (χ4n) is 3.35. The van der Waals surface area contributed by atoms with Gasteiger partial charge in [0.1, 0.15) is 18.2 Å². The van der Waals surface area contributed by atoms with Crippen molar-refractivity contribution in [1.29, 1.82) is 0 Å². The average Bonchev–Trinajstić information content (AvgIpc) is 3.18. The summed E-state index contributed by atoms with van der Waals surface area (Å²) in [7, 11) is 0. The zero-order valence-electron chi connectivity index (χ0n) is 16.8. The van der Waals surface area contributed by atoms with E-state index in [1.807, 2.05) is 42.5 Å². The second-order valence-corrected chi connectivity index (χ2v) is 9.00. The maximum absolute atomic E-state index is 6.10. The maximum Gasteiger partial charge on any atom is 0.124 e. The summed E-state index contributed by atoms with van der Waals surface area (Å²) in [5.41, 5.74) is 4.17. The molecule has 1 heterocycles. The number of ether oxygens (including phenoxy) is 1. The van der Waals surface area contributed by atoms with Gasteiger partial charge < -0.3 is 15.0 Å². The van der Waals surface area contributed by atoms with Gasteiger partial charge in [-0.1, -0.05) is 57.3 Å². The first-order valence-electron chi connectivity index (χ1n) is 10.1. The highest BCUT2D eigenvalue weighted by Gasteiger charge is 2.07. The van der Waals surface area contributed by atoms with Gasteiger partial charge in [-0.2, -0.15) is 0 Å². The van der Waals surface area contributed by atoms with Crippen LogP contribution in [-0.4, -0.2) is 16.5 Å². The third-order valence-corrected chi connectivity index (χ3v) is 6.15. The Morgan fingerprint density at radius 3 is 2.71 bits per heavy atom. The molecule has 4 aromatic rings. The monoisotopic (exact) mass is 517 g/mol. The zero-order chi connectivity index (χ0) is 21.6. The maximum atomic E-state index is 6.10. The second kappa shape index (κ2) is 10.5.